The number of ether oxygens (including phenoxy) is 2. The van der Waals surface area contributed by atoms with Crippen molar-refractivity contribution in [3.05, 3.63) is 0 Å². The van der Waals surface area contributed by atoms with Gasteiger partial charge in [0.15, 0.2) is 0 Å². The van der Waals surface area contributed by atoms with Crippen molar-refractivity contribution in [2.24, 2.45) is 23.7 Å². The van der Waals surface area contributed by atoms with Crippen LogP contribution in [0.1, 0.15) is 78.1 Å². The number of unbranched alkanes of at least 4 members (excludes halogenated alkanes) is 2. The molecule has 0 heterocycles. The lowest BCUT2D eigenvalue weighted by molar-refractivity contribution is -0.155. The number of carbonyl (C=O) groups excluding carboxylic acids is 2. The smallest absolute Gasteiger partial charge is 0.309 e. The van der Waals surface area contributed by atoms with Crippen molar-refractivity contribution >= 4 is 11.9 Å². The summed E-state index contributed by atoms with van der Waals surface area (Å²) in [6, 6.07) is 0. The van der Waals surface area contributed by atoms with Crippen LogP contribution in [0.25, 0.3) is 0 Å². The molecule has 24 heavy (non-hydrogen) atoms. The molecule has 0 radical (unpaired) electrons. The molecule has 4 heteroatoms. The van der Waals surface area contributed by atoms with Gasteiger partial charge in [0, 0.05) is 0 Å². The Morgan fingerprint density at radius 1 is 0.750 bits per heavy atom. The first-order valence-corrected chi connectivity index (χ1v) is 10.0. The summed E-state index contributed by atoms with van der Waals surface area (Å²) in [7, 11) is 0. The summed E-state index contributed by atoms with van der Waals surface area (Å²) in [4.78, 5) is 24.9. The monoisotopic (exact) mass is 338 g/mol. The van der Waals surface area contributed by atoms with Gasteiger partial charge in [0.1, 0.15) is 0 Å². The first kappa shape index (κ1) is 19.3. The first-order chi connectivity index (χ1) is 11.7. The third-order valence-corrected chi connectivity index (χ3v) is 5.78. The summed E-state index contributed by atoms with van der Waals surface area (Å²) >= 11 is 0. The van der Waals surface area contributed by atoms with Crippen LogP contribution in [-0.4, -0.2) is 25.2 Å². The molecular formula is C20H34O4. The fourth-order valence-corrected chi connectivity index (χ4v) is 4.44. The molecule has 0 N–H and O–H groups in total. The van der Waals surface area contributed by atoms with E-state index in [1.165, 1.54) is 0 Å². The number of hydrogen-bond donors (Lipinski definition) is 0. The van der Waals surface area contributed by atoms with Crippen LogP contribution in [0.2, 0.25) is 0 Å². The van der Waals surface area contributed by atoms with Gasteiger partial charge in [-0.3, -0.25) is 9.59 Å². The highest BCUT2D eigenvalue weighted by Gasteiger charge is 2.46. The Morgan fingerprint density at radius 3 is 1.54 bits per heavy atom. The van der Waals surface area contributed by atoms with Gasteiger partial charge in [-0.15, -0.1) is 0 Å². The Bertz CT molecular complexity index is 368. The Kier molecular flexibility index (Phi) is 8.07. The third-order valence-electron chi connectivity index (χ3n) is 5.78. The Labute approximate surface area is 146 Å². The van der Waals surface area contributed by atoms with Gasteiger partial charge in [-0.1, -0.05) is 39.5 Å². The lowest BCUT2D eigenvalue weighted by Crippen LogP contribution is -2.32. The van der Waals surface area contributed by atoms with Gasteiger partial charge in [-0.05, 0) is 50.4 Å². The van der Waals surface area contributed by atoms with Gasteiger partial charge in [0.25, 0.3) is 0 Å². The highest BCUT2D eigenvalue weighted by atomic mass is 16.5. The van der Waals surface area contributed by atoms with Gasteiger partial charge in [-0.25, -0.2) is 0 Å². The van der Waals surface area contributed by atoms with Crippen molar-refractivity contribution in [3.8, 4) is 0 Å². The average molecular weight is 338 g/mol. The highest BCUT2D eigenvalue weighted by molar-refractivity contribution is 5.75. The van der Waals surface area contributed by atoms with Crippen LogP contribution in [0.4, 0.5) is 0 Å². The molecule has 0 bridgehead atoms. The molecule has 4 unspecified atom stereocenters. The molecule has 0 aliphatic heterocycles. The van der Waals surface area contributed by atoms with Crippen LogP contribution in [0.3, 0.4) is 0 Å². The molecule has 0 amide bonds. The van der Waals surface area contributed by atoms with Crippen LogP contribution >= 0.6 is 0 Å². The predicted octanol–water partition coefficient (Wildman–Crippen LogP) is 4.51. The predicted molar refractivity (Wildman–Crippen MR) is 93.4 cm³/mol. The molecule has 4 nitrogen and oxygen atoms in total. The molecule has 0 aromatic heterocycles. The van der Waals surface area contributed by atoms with E-state index in [4.69, 9.17) is 9.47 Å². The van der Waals surface area contributed by atoms with Crippen LogP contribution < -0.4 is 0 Å². The van der Waals surface area contributed by atoms with Crippen LogP contribution in [0, 0.1) is 23.7 Å². The van der Waals surface area contributed by atoms with E-state index in [0.29, 0.717) is 25.0 Å². The van der Waals surface area contributed by atoms with E-state index >= 15 is 0 Å². The topological polar surface area (TPSA) is 52.6 Å². The fourth-order valence-electron chi connectivity index (χ4n) is 4.44. The quantitative estimate of drug-likeness (QED) is 0.458. The second-order valence-corrected chi connectivity index (χ2v) is 7.44. The molecule has 0 aromatic rings. The van der Waals surface area contributed by atoms with Crippen molar-refractivity contribution in [2.75, 3.05) is 13.2 Å². The van der Waals surface area contributed by atoms with Crippen LogP contribution in [0.15, 0.2) is 0 Å². The van der Waals surface area contributed by atoms with Crippen molar-refractivity contribution in [3.63, 3.8) is 0 Å². The average Bonchev–Trinajstić information content (AvgIpc) is 3.23. The molecule has 2 aliphatic carbocycles. The zero-order valence-electron chi connectivity index (χ0n) is 15.4. The van der Waals surface area contributed by atoms with Crippen molar-refractivity contribution in [1.29, 1.82) is 0 Å². The van der Waals surface area contributed by atoms with E-state index in [1.807, 2.05) is 0 Å². The van der Waals surface area contributed by atoms with Gasteiger partial charge in [0.05, 0.1) is 25.0 Å². The standard InChI is InChI=1S/C20H34O4/c1-3-5-13-23-19(21)17-11-7-9-15(17)16-10-8-12-18(16)20(22)24-14-6-4-2/h15-18H,3-14H2,1-2H3. The molecule has 2 rings (SSSR count). The second kappa shape index (κ2) is 10.0. The molecule has 0 aromatic carbocycles. The lowest BCUT2D eigenvalue weighted by Gasteiger charge is -2.28. The van der Waals surface area contributed by atoms with E-state index in [9.17, 15) is 9.59 Å². The number of esters is 2. The Morgan fingerprint density at radius 2 is 1.17 bits per heavy atom. The SMILES string of the molecule is CCCCOC(=O)C1CCCC1C1CCCC1C(=O)OCCCC. The molecule has 2 saturated carbocycles. The fraction of sp³-hybridized carbons (Fsp3) is 0.900. The maximum atomic E-state index is 12.4. The van der Waals surface area contributed by atoms with Gasteiger partial charge < -0.3 is 9.47 Å². The largest absolute Gasteiger partial charge is 0.465 e. The molecule has 0 spiro atoms. The maximum absolute atomic E-state index is 12.4. The third kappa shape index (κ3) is 4.97. The van der Waals surface area contributed by atoms with Gasteiger partial charge in [-0.2, -0.15) is 0 Å². The zero-order chi connectivity index (χ0) is 17.4. The van der Waals surface area contributed by atoms with Crippen LogP contribution in [-0.2, 0) is 19.1 Å². The summed E-state index contributed by atoms with van der Waals surface area (Å²) in [6.07, 6.45) is 10.0. The van der Waals surface area contributed by atoms with E-state index in [1.54, 1.807) is 0 Å². The molecule has 4 atom stereocenters. The Balaban J connectivity index is 1.92. The van der Waals surface area contributed by atoms with E-state index in [-0.39, 0.29) is 23.8 Å². The summed E-state index contributed by atoms with van der Waals surface area (Å²) in [5, 5.41) is 0. The lowest BCUT2D eigenvalue weighted by atomic mass is 9.78. The van der Waals surface area contributed by atoms with E-state index < -0.39 is 0 Å². The normalized spacial score (nSPS) is 29.6. The first-order valence-electron chi connectivity index (χ1n) is 10.0. The molecular weight excluding hydrogens is 304 g/mol. The van der Waals surface area contributed by atoms with Crippen molar-refractivity contribution in [2.45, 2.75) is 78.1 Å². The summed E-state index contributed by atoms with van der Waals surface area (Å²) < 4.78 is 11.0. The van der Waals surface area contributed by atoms with E-state index in [2.05, 4.69) is 13.8 Å². The molecule has 138 valence electrons. The summed E-state index contributed by atoms with van der Waals surface area (Å²) in [5.41, 5.74) is 0. The van der Waals surface area contributed by atoms with Gasteiger partial charge in [0.2, 0.25) is 0 Å². The maximum Gasteiger partial charge on any atom is 0.309 e. The van der Waals surface area contributed by atoms with Crippen molar-refractivity contribution < 1.29 is 19.1 Å². The molecule has 2 fully saturated rings. The van der Waals surface area contributed by atoms with Gasteiger partial charge >= 0.3 is 11.9 Å². The molecule has 2 aliphatic rings. The number of hydrogen-bond acceptors (Lipinski definition) is 4. The Hall–Kier alpha value is -1.06. The number of carbonyl (C=O) groups is 2. The van der Waals surface area contributed by atoms with Crippen molar-refractivity contribution in [1.82, 2.24) is 0 Å². The summed E-state index contributed by atoms with van der Waals surface area (Å²) in [5.74, 6) is 0.550. The second-order valence-electron chi connectivity index (χ2n) is 7.44. The summed E-state index contributed by atoms with van der Waals surface area (Å²) in [6.45, 7) is 5.26. The minimum atomic E-state index is -0.0315. The van der Waals surface area contributed by atoms with E-state index in [0.717, 1.165) is 64.2 Å². The zero-order valence-corrected chi connectivity index (χ0v) is 15.4. The highest BCUT2D eigenvalue weighted by Crippen LogP contribution is 2.47. The minimum absolute atomic E-state index is 0.00380. The van der Waals surface area contributed by atoms with Crippen LogP contribution in [0.5, 0.6) is 0 Å². The molecule has 0 saturated heterocycles. The minimum Gasteiger partial charge on any atom is -0.465 e. The number of rotatable bonds is 9.